The maximum absolute atomic E-state index is 12.1. The van der Waals surface area contributed by atoms with Gasteiger partial charge in [0, 0.05) is 0 Å². The molecule has 6 heteroatoms. The molecule has 20 heavy (non-hydrogen) atoms. The predicted molar refractivity (Wildman–Crippen MR) is 69.9 cm³/mol. The second-order valence-electron chi connectivity index (χ2n) is 4.14. The third-order valence-electron chi connectivity index (χ3n) is 2.84. The Balaban J connectivity index is 2.23. The Labute approximate surface area is 115 Å². The molecule has 6 nitrogen and oxygen atoms in total. The van der Waals surface area contributed by atoms with Gasteiger partial charge in [0.05, 0.1) is 13.3 Å². The van der Waals surface area contributed by atoms with E-state index in [2.05, 4.69) is 10.5 Å². The van der Waals surface area contributed by atoms with Crippen LogP contribution in [-0.4, -0.2) is 24.1 Å². The van der Waals surface area contributed by atoms with Crippen molar-refractivity contribution in [2.24, 2.45) is 0 Å². The summed E-state index contributed by atoms with van der Waals surface area (Å²) in [7, 11) is 1.27. The minimum atomic E-state index is -0.872. The summed E-state index contributed by atoms with van der Waals surface area (Å²) < 4.78 is 9.56. The predicted octanol–water partition coefficient (Wildman–Crippen LogP) is 1.63. The fourth-order valence-electron chi connectivity index (χ4n) is 1.77. The lowest BCUT2D eigenvalue weighted by Crippen LogP contribution is -2.34. The van der Waals surface area contributed by atoms with Gasteiger partial charge in [0.25, 0.3) is 5.91 Å². The van der Waals surface area contributed by atoms with Crippen LogP contribution in [0.25, 0.3) is 0 Å². The van der Waals surface area contributed by atoms with Gasteiger partial charge in [-0.15, -0.1) is 0 Å². The molecule has 1 atom stereocenters. The molecular weight excluding hydrogens is 260 g/mol. The number of ether oxygens (including phenoxy) is 1. The molecule has 0 aliphatic heterocycles. The molecule has 0 bridgehead atoms. The minimum Gasteiger partial charge on any atom is -0.467 e. The Morgan fingerprint density at radius 1 is 1.30 bits per heavy atom. The van der Waals surface area contributed by atoms with Gasteiger partial charge in [-0.1, -0.05) is 35.5 Å². The molecule has 1 heterocycles. The second kappa shape index (κ2) is 6.01. The Bertz CT molecular complexity index is 607. The van der Waals surface area contributed by atoms with Gasteiger partial charge in [-0.2, -0.15) is 0 Å². The van der Waals surface area contributed by atoms with Crippen LogP contribution in [0.3, 0.4) is 0 Å². The van der Waals surface area contributed by atoms with Crippen LogP contribution in [-0.2, 0) is 9.53 Å². The average Bonchev–Trinajstić information content (AvgIpc) is 2.91. The molecule has 1 N–H and O–H groups in total. The first-order valence-corrected chi connectivity index (χ1v) is 5.98. The van der Waals surface area contributed by atoms with E-state index in [1.807, 2.05) is 6.07 Å². The molecule has 0 aliphatic rings. The Morgan fingerprint density at radius 3 is 2.55 bits per heavy atom. The first-order chi connectivity index (χ1) is 9.63. The van der Waals surface area contributed by atoms with Crippen LogP contribution in [0.2, 0.25) is 0 Å². The highest BCUT2D eigenvalue weighted by atomic mass is 16.5. The van der Waals surface area contributed by atoms with Gasteiger partial charge >= 0.3 is 5.97 Å². The summed E-state index contributed by atoms with van der Waals surface area (Å²) in [6.07, 6.45) is 1.31. The average molecular weight is 274 g/mol. The fraction of sp³-hybridized carbons (Fsp3) is 0.214. The van der Waals surface area contributed by atoms with Crippen LogP contribution >= 0.6 is 0 Å². The highest BCUT2D eigenvalue weighted by molar-refractivity contribution is 5.97. The maximum Gasteiger partial charge on any atom is 0.333 e. The molecule has 1 aromatic carbocycles. The lowest BCUT2D eigenvalue weighted by Gasteiger charge is -2.16. The third-order valence-corrected chi connectivity index (χ3v) is 2.84. The van der Waals surface area contributed by atoms with Gasteiger partial charge in [-0.25, -0.2) is 4.79 Å². The van der Waals surface area contributed by atoms with E-state index < -0.39 is 17.9 Å². The van der Waals surface area contributed by atoms with E-state index in [0.717, 1.165) is 0 Å². The van der Waals surface area contributed by atoms with Crippen molar-refractivity contribution in [2.75, 3.05) is 7.11 Å². The second-order valence-corrected chi connectivity index (χ2v) is 4.14. The first-order valence-electron chi connectivity index (χ1n) is 5.98. The molecule has 0 aliphatic carbocycles. The summed E-state index contributed by atoms with van der Waals surface area (Å²) in [6, 6.07) is 7.99. The first kappa shape index (κ1) is 13.8. The van der Waals surface area contributed by atoms with Crippen LogP contribution in [0.1, 0.15) is 27.7 Å². The molecule has 2 rings (SSSR count). The Kier molecular flexibility index (Phi) is 4.14. The minimum absolute atomic E-state index is 0.287. The number of aromatic nitrogens is 1. The van der Waals surface area contributed by atoms with Crippen molar-refractivity contribution in [3.63, 3.8) is 0 Å². The molecule has 0 radical (unpaired) electrons. The number of esters is 1. The Hall–Kier alpha value is -2.63. The summed E-state index contributed by atoms with van der Waals surface area (Å²) in [5.41, 5.74) is 0.927. The van der Waals surface area contributed by atoms with E-state index in [1.54, 1.807) is 31.2 Å². The van der Waals surface area contributed by atoms with Crippen LogP contribution in [0.5, 0.6) is 0 Å². The number of aryl methyl sites for hydroxylation is 1. The SMILES string of the molecule is COC(=O)C(NC(=O)c1cnoc1C)c1ccccc1. The summed E-state index contributed by atoms with van der Waals surface area (Å²) in [4.78, 5) is 23.9. The van der Waals surface area contributed by atoms with Gasteiger partial charge < -0.3 is 14.6 Å². The standard InChI is InChI=1S/C14H14N2O4/c1-9-11(8-15-20-9)13(17)16-12(14(18)19-2)10-6-4-3-5-7-10/h3-8,12H,1-2H3,(H,16,17). The van der Waals surface area contributed by atoms with Crippen molar-refractivity contribution in [3.05, 3.63) is 53.4 Å². The normalized spacial score (nSPS) is 11.7. The zero-order chi connectivity index (χ0) is 14.5. The largest absolute Gasteiger partial charge is 0.467 e. The number of nitrogens with one attached hydrogen (secondary N) is 1. The van der Waals surface area contributed by atoms with E-state index in [4.69, 9.17) is 9.26 Å². The van der Waals surface area contributed by atoms with Crippen molar-refractivity contribution in [1.29, 1.82) is 0 Å². The summed E-state index contributed by atoms with van der Waals surface area (Å²) in [5.74, 6) is -0.596. The van der Waals surface area contributed by atoms with E-state index in [0.29, 0.717) is 11.3 Å². The van der Waals surface area contributed by atoms with Crippen molar-refractivity contribution >= 4 is 11.9 Å². The molecule has 0 spiro atoms. The lowest BCUT2D eigenvalue weighted by atomic mass is 10.1. The number of hydrogen-bond acceptors (Lipinski definition) is 5. The van der Waals surface area contributed by atoms with E-state index in [1.165, 1.54) is 13.3 Å². The highest BCUT2D eigenvalue weighted by Gasteiger charge is 2.25. The zero-order valence-corrected chi connectivity index (χ0v) is 11.1. The van der Waals surface area contributed by atoms with E-state index in [-0.39, 0.29) is 5.56 Å². The van der Waals surface area contributed by atoms with Crippen molar-refractivity contribution in [3.8, 4) is 0 Å². The number of rotatable bonds is 4. The molecule has 0 saturated carbocycles. The van der Waals surface area contributed by atoms with Gasteiger partial charge in [0.2, 0.25) is 0 Å². The molecule has 1 aromatic heterocycles. The molecule has 1 amide bonds. The quantitative estimate of drug-likeness (QED) is 0.857. The van der Waals surface area contributed by atoms with Crippen molar-refractivity contribution in [2.45, 2.75) is 13.0 Å². The topological polar surface area (TPSA) is 81.4 Å². The summed E-state index contributed by atoms with van der Waals surface area (Å²) >= 11 is 0. The number of benzene rings is 1. The van der Waals surface area contributed by atoms with Crippen molar-refractivity contribution in [1.82, 2.24) is 10.5 Å². The van der Waals surface area contributed by atoms with Gasteiger partial charge in [-0.05, 0) is 12.5 Å². The lowest BCUT2D eigenvalue weighted by molar-refractivity contribution is -0.143. The Morgan fingerprint density at radius 2 is 2.00 bits per heavy atom. The van der Waals surface area contributed by atoms with Crippen LogP contribution in [0.15, 0.2) is 41.1 Å². The highest BCUT2D eigenvalue weighted by Crippen LogP contribution is 2.16. The maximum atomic E-state index is 12.1. The van der Waals surface area contributed by atoms with Crippen LogP contribution < -0.4 is 5.32 Å². The number of amides is 1. The monoisotopic (exact) mass is 274 g/mol. The molecule has 2 aromatic rings. The van der Waals surface area contributed by atoms with Gasteiger partial charge in [0.15, 0.2) is 6.04 Å². The number of hydrogen-bond donors (Lipinski definition) is 1. The van der Waals surface area contributed by atoms with Crippen molar-refractivity contribution < 1.29 is 18.8 Å². The van der Waals surface area contributed by atoms with Crippen LogP contribution in [0, 0.1) is 6.92 Å². The molecular formula is C14H14N2O4. The molecule has 0 saturated heterocycles. The number of nitrogens with zero attached hydrogens (tertiary/aromatic N) is 1. The van der Waals surface area contributed by atoms with E-state index in [9.17, 15) is 9.59 Å². The van der Waals surface area contributed by atoms with Crippen LogP contribution in [0.4, 0.5) is 0 Å². The zero-order valence-electron chi connectivity index (χ0n) is 11.1. The summed E-state index contributed by atoms with van der Waals surface area (Å²) in [5, 5.41) is 6.15. The number of methoxy groups -OCH3 is 1. The van der Waals surface area contributed by atoms with Gasteiger partial charge in [-0.3, -0.25) is 4.79 Å². The third kappa shape index (κ3) is 2.85. The molecule has 104 valence electrons. The fourth-order valence-corrected chi connectivity index (χ4v) is 1.77. The molecule has 1 unspecified atom stereocenters. The number of carbonyl (C=O) groups is 2. The van der Waals surface area contributed by atoms with E-state index >= 15 is 0 Å². The smallest absolute Gasteiger partial charge is 0.333 e. The number of carbonyl (C=O) groups excluding carboxylic acids is 2. The molecule has 0 fully saturated rings. The van der Waals surface area contributed by atoms with Gasteiger partial charge in [0.1, 0.15) is 11.3 Å². The summed E-state index contributed by atoms with van der Waals surface area (Å²) in [6.45, 7) is 1.62.